The topological polar surface area (TPSA) is 55.0 Å². The Hall–Kier alpha value is -2.68. The Morgan fingerprint density at radius 1 is 1.30 bits per heavy atom. The summed E-state index contributed by atoms with van der Waals surface area (Å²) in [4.78, 5) is 11.3. The van der Waals surface area contributed by atoms with E-state index in [9.17, 15) is 13.6 Å². The molecule has 0 amide bonds. The van der Waals surface area contributed by atoms with Crippen molar-refractivity contribution in [3.8, 4) is 22.9 Å². The number of nitrogens with zero attached hydrogens (tertiary/aromatic N) is 2. The van der Waals surface area contributed by atoms with Crippen LogP contribution in [0.15, 0.2) is 36.7 Å². The van der Waals surface area contributed by atoms with Gasteiger partial charge in [-0.05, 0) is 6.07 Å². The molecule has 20 heavy (non-hydrogen) atoms. The summed E-state index contributed by atoms with van der Waals surface area (Å²) >= 11 is 0. The molecule has 0 bridgehead atoms. The predicted octanol–water partition coefficient (Wildman–Crippen LogP) is 3.29. The number of hydrogen-bond donors (Lipinski definition) is 0. The molecule has 0 N–H and O–H groups in total. The van der Waals surface area contributed by atoms with Crippen LogP contribution >= 0.6 is 0 Å². The first-order valence-electron chi connectivity index (χ1n) is 5.70. The van der Waals surface area contributed by atoms with Gasteiger partial charge in [-0.25, -0.2) is 0 Å². The van der Waals surface area contributed by atoms with E-state index in [1.54, 1.807) is 18.2 Å². The van der Waals surface area contributed by atoms with Gasteiger partial charge < -0.3 is 4.74 Å². The molecule has 2 aromatic rings. The summed E-state index contributed by atoms with van der Waals surface area (Å²) in [6.45, 7) is -1.62. The molecule has 0 saturated heterocycles. The summed E-state index contributed by atoms with van der Waals surface area (Å²) in [5.74, 6) is -0.319. The van der Waals surface area contributed by atoms with Crippen molar-refractivity contribution in [1.29, 1.82) is 5.26 Å². The summed E-state index contributed by atoms with van der Waals surface area (Å²) < 4.78 is 30.4. The van der Waals surface area contributed by atoms with Gasteiger partial charge in [0.2, 0.25) is 5.91 Å². The molecule has 0 aliphatic heterocycles. The molecular weight excluding hydrogens is 266 g/mol. The number of para-hydroxylation sites is 1. The third-order valence-electron chi connectivity index (χ3n) is 2.70. The van der Waals surface area contributed by atoms with E-state index in [1.807, 2.05) is 6.07 Å². The molecule has 1 aromatic carbocycles. The molecular formula is C14H10F2N2O2. The van der Waals surface area contributed by atoms with Crippen LogP contribution in [-0.4, -0.2) is 17.1 Å². The van der Waals surface area contributed by atoms with E-state index >= 15 is 0 Å². The van der Waals surface area contributed by atoms with Gasteiger partial charge >= 0.3 is 6.61 Å². The molecule has 1 heterocycles. The van der Waals surface area contributed by atoms with E-state index in [2.05, 4.69) is 4.74 Å². The lowest BCUT2D eigenvalue weighted by Crippen LogP contribution is -2.03. The van der Waals surface area contributed by atoms with Gasteiger partial charge in [0.05, 0.1) is 5.56 Å². The number of benzene rings is 1. The average Bonchev–Trinajstić information content (AvgIpc) is 2.83. The Morgan fingerprint density at radius 3 is 2.60 bits per heavy atom. The fraction of sp³-hybridized carbons (Fsp3) is 0.143. The van der Waals surface area contributed by atoms with Crippen LogP contribution in [0.4, 0.5) is 8.78 Å². The molecule has 0 radical (unpaired) electrons. The highest BCUT2D eigenvalue weighted by Crippen LogP contribution is 2.33. The van der Waals surface area contributed by atoms with Crippen molar-refractivity contribution in [3.05, 3.63) is 42.2 Å². The zero-order valence-electron chi connectivity index (χ0n) is 10.5. The Bertz CT molecular complexity index is 687. The first-order valence-corrected chi connectivity index (χ1v) is 5.70. The first-order chi connectivity index (χ1) is 9.52. The molecule has 6 heteroatoms. The van der Waals surface area contributed by atoms with Crippen LogP contribution in [0.25, 0.3) is 11.1 Å². The minimum Gasteiger partial charge on any atom is -0.434 e. The molecule has 0 unspecified atom stereocenters. The maximum atomic E-state index is 12.4. The van der Waals surface area contributed by atoms with Crippen LogP contribution in [-0.2, 0) is 0 Å². The summed E-state index contributed by atoms with van der Waals surface area (Å²) in [6.07, 6.45) is 2.78. The van der Waals surface area contributed by atoms with Gasteiger partial charge in [-0.15, -0.1) is 0 Å². The fourth-order valence-corrected chi connectivity index (χ4v) is 1.83. The van der Waals surface area contributed by atoms with E-state index in [-0.39, 0.29) is 17.2 Å². The molecule has 2 rings (SSSR count). The largest absolute Gasteiger partial charge is 0.434 e. The van der Waals surface area contributed by atoms with Gasteiger partial charge in [0.15, 0.2) is 0 Å². The normalized spacial score (nSPS) is 10.3. The van der Waals surface area contributed by atoms with Crippen LogP contribution in [0.3, 0.4) is 0 Å². The molecule has 0 saturated carbocycles. The number of nitriles is 1. The third kappa shape index (κ3) is 2.67. The Labute approximate surface area is 113 Å². The van der Waals surface area contributed by atoms with Gasteiger partial charge in [-0.3, -0.25) is 9.36 Å². The zero-order chi connectivity index (χ0) is 14.7. The van der Waals surface area contributed by atoms with Crippen LogP contribution in [0.1, 0.15) is 17.3 Å². The zero-order valence-corrected chi connectivity index (χ0v) is 10.5. The van der Waals surface area contributed by atoms with Crippen LogP contribution in [0.2, 0.25) is 0 Å². The van der Waals surface area contributed by atoms with E-state index in [1.165, 1.54) is 30.0 Å². The van der Waals surface area contributed by atoms with E-state index < -0.39 is 6.61 Å². The van der Waals surface area contributed by atoms with Gasteiger partial charge in [0, 0.05) is 30.4 Å². The second kappa shape index (κ2) is 5.53. The lowest BCUT2D eigenvalue weighted by atomic mass is 10.0. The Balaban J connectivity index is 2.57. The standard InChI is InChI=1S/C14H10F2N2O2/c1-9(19)18-7-10(6-17)12(8-18)11-4-2-3-5-13(11)20-14(15)16/h2-5,7-8,14H,1H3. The second-order valence-corrected chi connectivity index (χ2v) is 4.00. The van der Waals surface area contributed by atoms with Crippen molar-refractivity contribution in [2.24, 2.45) is 0 Å². The predicted molar refractivity (Wildman–Crippen MR) is 67.5 cm³/mol. The molecule has 4 nitrogen and oxygen atoms in total. The van der Waals surface area contributed by atoms with Crippen molar-refractivity contribution < 1.29 is 18.3 Å². The minimum absolute atomic E-state index is 0.0414. The van der Waals surface area contributed by atoms with Crippen LogP contribution in [0.5, 0.6) is 5.75 Å². The van der Waals surface area contributed by atoms with Gasteiger partial charge in [0.25, 0.3) is 0 Å². The van der Waals surface area contributed by atoms with Crippen molar-refractivity contribution >= 4 is 5.91 Å². The molecule has 102 valence electrons. The van der Waals surface area contributed by atoms with E-state index in [4.69, 9.17) is 5.26 Å². The maximum Gasteiger partial charge on any atom is 0.387 e. The number of carbonyl (C=O) groups excluding carboxylic acids is 1. The van der Waals surface area contributed by atoms with Crippen LogP contribution in [0, 0.1) is 11.3 Å². The number of carbonyl (C=O) groups is 1. The highest BCUT2D eigenvalue weighted by molar-refractivity contribution is 5.82. The quantitative estimate of drug-likeness (QED) is 0.864. The summed E-state index contributed by atoms with van der Waals surface area (Å²) in [5, 5.41) is 9.08. The molecule has 1 aromatic heterocycles. The number of ether oxygens (including phenoxy) is 1. The van der Waals surface area contributed by atoms with E-state index in [0.29, 0.717) is 11.1 Å². The second-order valence-electron chi connectivity index (χ2n) is 4.00. The Morgan fingerprint density at radius 2 is 2.00 bits per heavy atom. The number of halogens is 2. The molecule has 0 aliphatic rings. The van der Waals surface area contributed by atoms with Gasteiger partial charge in [-0.1, -0.05) is 18.2 Å². The SMILES string of the molecule is CC(=O)n1cc(C#N)c(-c2ccccc2OC(F)F)c1. The highest BCUT2D eigenvalue weighted by atomic mass is 19.3. The number of rotatable bonds is 3. The van der Waals surface area contributed by atoms with Gasteiger partial charge in [-0.2, -0.15) is 14.0 Å². The summed E-state index contributed by atoms with van der Waals surface area (Å²) in [6, 6.07) is 8.06. The lowest BCUT2D eigenvalue weighted by molar-refractivity contribution is -0.0494. The lowest BCUT2D eigenvalue weighted by Gasteiger charge is -2.09. The summed E-state index contributed by atoms with van der Waals surface area (Å²) in [5.41, 5.74) is 0.925. The van der Waals surface area contributed by atoms with Crippen molar-refractivity contribution in [3.63, 3.8) is 0 Å². The third-order valence-corrected chi connectivity index (χ3v) is 2.70. The number of alkyl halides is 2. The summed E-state index contributed by atoms with van der Waals surface area (Å²) in [7, 11) is 0. The van der Waals surface area contributed by atoms with Crippen molar-refractivity contribution in [2.45, 2.75) is 13.5 Å². The average molecular weight is 276 g/mol. The smallest absolute Gasteiger partial charge is 0.387 e. The van der Waals surface area contributed by atoms with Crippen molar-refractivity contribution in [1.82, 2.24) is 4.57 Å². The molecule has 0 aliphatic carbocycles. The molecule has 0 spiro atoms. The number of aromatic nitrogens is 1. The highest BCUT2D eigenvalue weighted by Gasteiger charge is 2.16. The minimum atomic E-state index is -2.96. The van der Waals surface area contributed by atoms with Crippen molar-refractivity contribution in [2.75, 3.05) is 0 Å². The molecule has 0 fully saturated rings. The monoisotopic (exact) mass is 276 g/mol. The van der Waals surface area contributed by atoms with E-state index in [0.717, 1.165) is 0 Å². The van der Waals surface area contributed by atoms with Crippen LogP contribution < -0.4 is 4.74 Å². The molecule has 0 atom stereocenters. The Kier molecular flexibility index (Phi) is 3.80. The first kappa shape index (κ1) is 13.7. The maximum absolute atomic E-state index is 12.4. The van der Waals surface area contributed by atoms with Gasteiger partial charge in [0.1, 0.15) is 11.8 Å². The fourth-order valence-electron chi connectivity index (χ4n) is 1.83. The number of hydrogen-bond acceptors (Lipinski definition) is 3.